The molecule has 0 spiro atoms. The number of ether oxygens (including phenoxy) is 3. The average Bonchev–Trinajstić information content (AvgIpc) is 2.89. The number of methoxy groups -OCH3 is 1. The molecule has 0 saturated heterocycles. The van der Waals surface area contributed by atoms with Gasteiger partial charge in [0, 0.05) is 34.9 Å². The lowest BCUT2D eigenvalue weighted by molar-refractivity contribution is -0.116. The highest BCUT2D eigenvalue weighted by molar-refractivity contribution is 5.92. The number of anilines is 2. The Bertz CT molecular complexity index is 1420. The molecule has 0 bridgehead atoms. The summed E-state index contributed by atoms with van der Waals surface area (Å²) >= 11 is 0. The number of carbonyl (C=O) groups is 1. The van der Waals surface area contributed by atoms with E-state index in [0.717, 1.165) is 16.8 Å². The van der Waals surface area contributed by atoms with Crippen LogP contribution in [0.25, 0.3) is 10.9 Å². The van der Waals surface area contributed by atoms with Crippen molar-refractivity contribution in [1.29, 1.82) is 0 Å². The number of benzene rings is 3. The zero-order valence-electron chi connectivity index (χ0n) is 19.2. The molecule has 0 saturated carbocycles. The SMILES string of the molecule is COc1ccc(NCc2cc3cc4c(cc3n(CC(=O)Nc3ccccc3)c2=O)OCCO4)cc1. The summed E-state index contributed by atoms with van der Waals surface area (Å²) in [5.41, 5.74) is 2.40. The van der Waals surface area contributed by atoms with E-state index in [-0.39, 0.29) is 24.6 Å². The molecule has 0 atom stereocenters. The van der Waals surface area contributed by atoms with Crippen LogP contribution in [0.3, 0.4) is 0 Å². The van der Waals surface area contributed by atoms with Crippen LogP contribution < -0.4 is 30.4 Å². The third kappa shape index (κ3) is 4.91. The number of nitrogens with zero attached hydrogens (tertiary/aromatic N) is 1. The first-order valence-electron chi connectivity index (χ1n) is 11.3. The standard InChI is InChI=1S/C27H25N3O5/c1-33-22-9-7-20(8-10-22)28-16-19-13-18-14-24-25(35-12-11-34-24)15-23(18)30(27(19)32)17-26(31)29-21-5-3-2-4-6-21/h2-10,13-15,28H,11-12,16-17H2,1H3,(H,29,31). The molecule has 0 unspecified atom stereocenters. The van der Waals surface area contributed by atoms with Crippen LogP contribution in [0.5, 0.6) is 17.2 Å². The zero-order valence-corrected chi connectivity index (χ0v) is 19.2. The first-order valence-corrected chi connectivity index (χ1v) is 11.3. The largest absolute Gasteiger partial charge is 0.497 e. The van der Waals surface area contributed by atoms with E-state index in [1.807, 2.05) is 54.6 Å². The molecular weight excluding hydrogens is 446 g/mol. The molecular formula is C27H25N3O5. The maximum Gasteiger partial charge on any atom is 0.256 e. The zero-order chi connectivity index (χ0) is 24.2. The monoisotopic (exact) mass is 471 g/mol. The molecule has 8 heteroatoms. The van der Waals surface area contributed by atoms with Gasteiger partial charge in [-0.2, -0.15) is 0 Å². The van der Waals surface area contributed by atoms with Gasteiger partial charge >= 0.3 is 0 Å². The van der Waals surface area contributed by atoms with Gasteiger partial charge in [-0.1, -0.05) is 18.2 Å². The maximum absolute atomic E-state index is 13.5. The Morgan fingerprint density at radius 3 is 2.37 bits per heavy atom. The molecule has 1 aliphatic rings. The van der Waals surface area contributed by atoms with Crippen LogP contribution in [0.15, 0.2) is 77.6 Å². The van der Waals surface area contributed by atoms with Crippen molar-refractivity contribution in [3.8, 4) is 17.2 Å². The van der Waals surface area contributed by atoms with Crippen LogP contribution in [-0.4, -0.2) is 30.8 Å². The summed E-state index contributed by atoms with van der Waals surface area (Å²) < 4.78 is 18.1. The van der Waals surface area contributed by atoms with Crippen molar-refractivity contribution in [3.05, 3.63) is 88.7 Å². The van der Waals surface area contributed by atoms with Crippen molar-refractivity contribution >= 4 is 28.2 Å². The van der Waals surface area contributed by atoms with Crippen LogP contribution in [-0.2, 0) is 17.9 Å². The molecule has 0 radical (unpaired) electrons. The smallest absolute Gasteiger partial charge is 0.256 e. The van der Waals surface area contributed by atoms with E-state index >= 15 is 0 Å². The van der Waals surface area contributed by atoms with Gasteiger partial charge in [-0.05, 0) is 48.5 Å². The summed E-state index contributed by atoms with van der Waals surface area (Å²) in [5.74, 6) is 1.64. The molecule has 3 aromatic carbocycles. The normalized spacial score (nSPS) is 12.3. The van der Waals surface area contributed by atoms with Gasteiger partial charge in [-0.15, -0.1) is 0 Å². The topological polar surface area (TPSA) is 90.8 Å². The fourth-order valence-electron chi connectivity index (χ4n) is 4.03. The Hall–Kier alpha value is -4.46. The minimum Gasteiger partial charge on any atom is -0.497 e. The minimum atomic E-state index is -0.297. The Morgan fingerprint density at radius 1 is 0.943 bits per heavy atom. The lowest BCUT2D eigenvalue weighted by Crippen LogP contribution is -2.31. The summed E-state index contributed by atoms with van der Waals surface area (Å²) in [6.07, 6.45) is 0. The number of nitrogens with one attached hydrogen (secondary N) is 2. The van der Waals surface area contributed by atoms with Crippen molar-refractivity contribution in [2.24, 2.45) is 0 Å². The number of aromatic nitrogens is 1. The number of para-hydroxylation sites is 1. The lowest BCUT2D eigenvalue weighted by atomic mass is 10.1. The van der Waals surface area contributed by atoms with Crippen LogP contribution in [0.1, 0.15) is 5.56 Å². The lowest BCUT2D eigenvalue weighted by Gasteiger charge is -2.21. The van der Waals surface area contributed by atoms with Crippen LogP contribution in [0.2, 0.25) is 0 Å². The second-order valence-corrected chi connectivity index (χ2v) is 8.11. The second kappa shape index (κ2) is 9.80. The number of amides is 1. The van der Waals surface area contributed by atoms with E-state index in [1.165, 1.54) is 4.57 Å². The van der Waals surface area contributed by atoms with E-state index in [9.17, 15) is 9.59 Å². The Kier molecular flexibility index (Phi) is 6.26. The molecule has 8 nitrogen and oxygen atoms in total. The molecule has 5 rings (SSSR count). The fraction of sp³-hybridized carbons (Fsp3) is 0.185. The predicted octanol–water partition coefficient (Wildman–Crippen LogP) is 4.03. The maximum atomic E-state index is 13.5. The molecule has 1 aromatic heterocycles. The third-order valence-electron chi connectivity index (χ3n) is 5.76. The van der Waals surface area contributed by atoms with E-state index in [0.29, 0.717) is 41.5 Å². The van der Waals surface area contributed by atoms with E-state index < -0.39 is 0 Å². The highest BCUT2D eigenvalue weighted by Gasteiger charge is 2.18. The Balaban J connectivity index is 1.49. The van der Waals surface area contributed by atoms with E-state index in [2.05, 4.69) is 10.6 Å². The molecule has 0 aliphatic carbocycles. The molecule has 178 valence electrons. The fourth-order valence-corrected chi connectivity index (χ4v) is 4.03. The Labute approximate surface area is 202 Å². The van der Waals surface area contributed by atoms with Crippen molar-refractivity contribution in [2.45, 2.75) is 13.1 Å². The van der Waals surface area contributed by atoms with Gasteiger partial charge in [0.2, 0.25) is 5.91 Å². The highest BCUT2D eigenvalue weighted by atomic mass is 16.6. The van der Waals surface area contributed by atoms with Gasteiger partial charge in [0.25, 0.3) is 5.56 Å². The van der Waals surface area contributed by atoms with Gasteiger partial charge in [0.15, 0.2) is 11.5 Å². The Morgan fingerprint density at radius 2 is 1.66 bits per heavy atom. The molecule has 2 N–H and O–H groups in total. The number of hydrogen-bond donors (Lipinski definition) is 2. The van der Waals surface area contributed by atoms with E-state index in [1.54, 1.807) is 25.3 Å². The molecule has 4 aromatic rings. The van der Waals surface area contributed by atoms with Gasteiger partial charge in [-0.25, -0.2) is 0 Å². The van der Waals surface area contributed by atoms with Gasteiger partial charge in [-0.3, -0.25) is 14.2 Å². The van der Waals surface area contributed by atoms with E-state index in [4.69, 9.17) is 14.2 Å². The average molecular weight is 472 g/mol. The number of carbonyl (C=O) groups excluding carboxylic acids is 1. The van der Waals surface area contributed by atoms with Crippen LogP contribution in [0.4, 0.5) is 11.4 Å². The van der Waals surface area contributed by atoms with Crippen molar-refractivity contribution in [2.75, 3.05) is 31.0 Å². The van der Waals surface area contributed by atoms with Gasteiger partial charge in [0.05, 0.1) is 12.6 Å². The summed E-state index contributed by atoms with van der Waals surface area (Å²) in [4.78, 5) is 26.4. The molecule has 2 heterocycles. The number of rotatable bonds is 7. The van der Waals surface area contributed by atoms with Crippen molar-refractivity contribution in [1.82, 2.24) is 4.57 Å². The molecule has 0 fully saturated rings. The molecule has 1 amide bonds. The summed E-state index contributed by atoms with van der Waals surface area (Å²) in [7, 11) is 1.61. The second-order valence-electron chi connectivity index (χ2n) is 8.11. The number of hydrogen-bond acceptors (Lipinski definition) is 6. The summed E-state index contributed by atoms with van der Waals surface area (Å²) in [6.45, 7) is 1.04. The summed E-state index contributed by atoms with van der Waals surface area (Å²) in [5, 5.41) is 6.91. The van der Waals surface area contributed by atoms with Crippen LogP contribution >= 0.6 is 0 Å². The quantitative estimate of drug-likeness (QED) is 0.423. The minimum absolute atomic E-state index is 0.139. The predicted molar refractivity (Wildman–Crippen MR) is 135 cm³/mol. The summed E-state index contributed by atoms with van der Waals surface area (Å²) in [6, 6.07) is 22.1. The first kappa shape index (κ1) is 22.3. The van der Waals surface area contributed by atoms with Crippen molar-refractivity contribution in [3.63, 3.8) is 0 Å². The molecule has 35 heavy (non-hydrogen) atoms. The van der Waals surface area contributed by atoms with Crippen LogP contribution in [0, 0.1) is 0 Å². The highest BCUT2D eigenvalue weighted by Crippen LogP contribution is 2.34. The number of pyridine rings is 1. The third-order valence-corrected chi connectivity index (χ3v) is 5.76. The van der Waals surface area contributed by atoms with Gasteiger partial charge in [0.1, 0.15) is 25.5 Å². The number of fused-ring (bicyclic) bond motifs is 2. The molecule has 1 aliphatic heterocycles. The first-order chi connectivity index (χ1) is 17.1. The van der Waals surface area contributed by atoms with Crippen molar-refractivity contribution < 1.29 is 19.0 Å². The van der Waals surface area contributed by atoms with Gasteiger partial charge < -0.3 is 24.8 Å².